The quantitative estimate of drug-likeness (QED) is 0.524. The summed E-state index contributed by atoms with van der Waals surface area (Å²) in [6, 6.07) is 7.69. The molecule has 1 aromatic carbocycles. The number of hydrogen-bond acceptors (Lipinski definition) is 4. The van der Waals surface area contributed by atoms with Crippen LogP contribution in [0.2, 0.25) is 0 Å². The third-order valence-electron chi connectivity index (χ3n) is 5.27. The number of carbonyl (C=O) groups is 2. The van der Waals surface area contributed by atoms with Crippen molar-refractivity contribution in [1.82, 2.24) is 14.7 Å². The number of halogens is 1. The number of anilines is 1. The van der Waals surface area contributed by atoms with Gasteiger partial charge in [-0.1, -0.05) is 6.07 Å². The predicted octanol–water partition coefficient (Wildman–Crippen LogP) is 4.10. The van der Waals surface area contributed by atoms with E-state index in [2.05, 4.69) is 26.2 Å². The first-order valence-corrected chi connectivity index (χ1v) is 10.8. The third kappa shape index (κ3) is 4.42. The fourth-order valence-electron chi connectivity index (χ4n) is 3.52. The molecular weight excluding hydrogens is 464 g/mol. The third-order valence-corrected chi connectivity index (χ3v) is 5.71. The lowest BCUT2D eigenvalue weighted by Gasteiger charge is -2.20. The van der Waals surface area contributed by atoms with E-state index in [0.717, 1.165) is 34.1 Å². The first-order chi connectivity index (χ1) is 14.9. The number of amides is 2. The van der Waals surface area contributed by atoms with E-state index in [1.165, 1.54) is 12.0 Å². The minimum atomic E-state index is -1.08. The zero-order valence-electron chi connectivity index (χ0n) is 17.3. The van der Waals surface area contributed by atoms with Crippen LogP contribution in [0.25, 0.3) is 16.9 Å². The van der Waals surface area contributed by atoms with Gasteiger partial charge in [-0.2, -0.15) is 0 Å². The topological polar surface area (TPSA) is 96.2 Å². The first-order valence-electron chi connectivity index (χ1n) is 9.97. The van der Waals surface area contributed by atoms with E-state index in [1.807, 2.05) is 35.7 Å². The molecule has 1 aliphatic rings. The number of hydrogen-bond donors (Lipinski definition) is 2. The van der Waals surface area contributed by atoms with Crippen molar-refractivity contribution in [3.63, 3.8) is 0 Å². The summed E-state index contributed by atoms with van der Waals surface area (Å²) in [6.45, 7) is 2.36. The number of nitrogens with one attached hydrogen (secondary N) is 1. The Hall–Kier alpha value is -2.91. The van der Waals surface area contributed by atoms with E-state index < -0.39 is 6.09 Å². The van der Waals surface area contributed by atoms with Gasteiger partial charge in [0.15, 0.2) is 5.65 Å². The molecule has 3 aromatic rings. The molecule has 0 unspecified atom stereocenters. The second-order valence-electron chi connectivity index (χ2n) is 7.59. The number of aromatic nitrogens is 2. The molecule has 1 saturated carbocycles. The van der Waals surface area contributed by atoms with Crippen LogP contribution in [-0.2, 0) is 4.74 Å². The van der Waals surface area contributed by atoms with Crippen LogP contribution >= 0.6 is 15.9 Å². The summed E-state index contributed by atoms with van der Waals surface area (Å²) < 4.78 is 7.62. The number of ether oxygens (including phenoxy) is 1. The van der Waals surface area contributed by atoms with Crippen LogP contribution in [0.3, 0.4) is 0 Å². The van der Waals surface area contributed by atoms with E-state index in [0.29, 0.717) is 22.9 Å². The molecule has 0 spiro atoms. The summed E-state index contributed by atoms with van der Waals surface area (Å²) in [5, 5.41) is 12.7. The largest absolute Gasteiger partial charge is 0.465 e. The van der Waals surface area contributed by atoms with Crippen molar-refractivity contribution in [3.05, 3.63) is 52.3 Å². The number of nitrogens with zero attached hydrogens (tertiary/aromatic N) is 3. The van der Waals surface area contributed by atoms with Gasteiger partial charge in [0, 0.05) is 34.9 Å². The molecule has 2 aromatic heterocycles. The summed E-state index contributed by atoms with van der Waals surface area (Å²) in [5.41, 5.74) is 4.19. The zero-order valence-corrected chi connectivity index (χ0v) is 18.8. The summed E-state index contributed by atoms with van der Waals surface area (Å²) in [7, 11) is 1.53. The number of aryl methyl sites for hydroxylation is 1. The van der Waals surface area contributed by atoms with E-state index in [4.69, 9.17) is 4.74 Å². The minimum Gasteiger partial charge on any atom is -0.465 e. The van der Waals surface area contributed by atoms with Gasteiger partial charge in [-0.3, -0.25) is 14.1 Å². The van der Waals surface area contributed by atoms with Gasteiger partial charge < -0.3 is 15.2 Å². The summed E-state index contributed by atoms with van der Waals surface area (Å²) >= 11 is 3.48. The van der Waals surface area contributed by atoms with Gasteiger partial charge >= 0.3 is 6.09 Å². The SMILES string of the molecule is COCCN(C(=O)O)c1cc(Br)cn2c(-c3ccc(C(=O)NC4CC4)c(C)c3)cnc12. The van der Waals surface area contributed by atoms with Crippen LogP contribution in [0, 0.1) is 6.92 Å². The molecule has 2 heterocycles. The lowest BCUT2D eigenvalue weighted by atomic mass is 10.0. The van der Waals surface area contributed by atoms with Crippen molar-refractivity contribution in [1.29, 1.82) is 0 Å². The highest BCUT2D eigenvalue weighted by atomic mass is 79.9. The number of methoxy groups -OCH3 is 1. The van der Waals surface area contributed by atoms with Gasteiger partial charge in [0.2, 0.25) is 0 Å². The Labute approximate surface area is 188 Å². The van der Waals surface area contributed by atoms with Gasteiger partial charge in [0.05, 0.1) is 30.7 Å². The van der Waals surface area contributed by atoms with Crippen molar-refractivity contribution < 1.29 is 19.4 Å². The number of benzene rings is 1. The van der Waals surface area contributed by atoms with Crippen LogP contribution in [0.4, 0.5) is 10.5 Å². The number of imidazole rings is 1. The average molecular weight is 487 g/mol. The Morgan fingerprint density at radius 3 is 2.77 bits per heavy atom. The normalized spacial score (nSPS) is 13.4. The fraction of sp³-hybridized carbons (Fsp3) is 0.318. The van der Waals surface area contributed by atoms with E-state index in [1.54, 1.807) is 12.3 Å². The van der Waals surface area contributed by atoms with Gasteiger partial charge in [0.1, 0.15) is 0 Å². The Morgan fingerprint density at radius 2 is 2.13 bits per heavy atom. The lowest BCUT2D eigenvalue weighted by molar-refractivity contribution is 0.0950. The van der Waals surface area contributed by atoms with Crippen LogP contribution in [-0.4, -0.2) is 52.8 Å². The summed E-state index contributed by atoms with van der Waals surface area (Å²) in [6.07, 6.45) is 4.56. The molecule has 1 fully saturated rings. The summed E-state index contributed by atoms with van der Waals surface area (Å²) in [4.78, 5) is 30.0. The molecule has 0 aliphatic heterocycles. The second kappa shape index (κ2) is 8.68. The standard InChI is InChI=1S/C22H23BrN4O4/c1-13-9-14(3-6-17(13)21(28)25-16-4-5-16)19-11-24-20-18(10-15(23)12-27(19)20)26(22(29)30)7-8-31-2/h3,6,9-12,16H,4-5,7-8H2,1-2H3,(H,25,28)(H,29,30). The first kappa shape index (κ1) is 21.3. The Kier molecular flexibility index (Phi) is 5.97. The van der Waals surface area contributed by atoms with Crippen molar-refractivity contribution in [2.75, 3.05) is 25.2 Å². The Bertz CT molecular complexity index is 1160. The fourth-order valence-corrected chi connectivity index (χ4v) is 3.94. The molecule has 4 rings (SSSR count). The zero-order chi connectivity index (χ0) is 22.1. The predicted molar refractivity (Wildman–Crippen MR) is 121 cm³/mol. The maximum atomic E-state index is 12.4. The molecule has 1 aliphatic carbocycles. The molecule has 0 saturated heterocycles. The number of carboxylic acid groups (broad SMARTS) is 1. The lowest BCUT2D eigenvalue weighted by Crippen LogP contribution is -2.32. The van der Waals surface area contributed by atoms with Crippen LogP contribution in [0.5, 0.6) is 0 Å². The molecule has 2 amide bonds. The molecule has 162 valence electrons. The van der Waals surface area contributed by atoms with E-state index >= 15 is 0 Å². The molecule has 31 heavy (non-hydrogen) atoms. The van der Waals surface area contributed by atoms with Crippen LogP contribution in [0.15, 0.2) is 41.1 Å². The maximum absolute atomic E-state index is 12.4. The molecule has 0 bridgehead atoms. The number of pyridine rings is 1. The number of fused-ring (bicyclic) bond motifs is 1. The van der Waals surface area contributed by atoms with Crippen molar-refractivity contribution >= 4 is 39.3 Å². The van der Waals surface area contributed by atoms with Crippen molar-refractivity contribution in [2.24, 2.45) is 0 Å². The van der Waals surface area contributed by atoms with Gasteiger partial charge in [-0.15, -0.1) is 0 Å². The maximum Gasteiger partial charge on any atom is 0.412 e. The van der Waals surface area contributed by atoms with Gasteiger partial charge in [0.25, 0.3) is 5.91 Å². The van der Waals surface area contributed by atoms with Crippen molar-refractivity contribution in [3.8, 4) is 11.3 Å². The molecule has 0 atom stereocenters. The van der Waals surface area contributed by atoms with Crippen molar-refractivity contribution in [2.45, 2.75) is 25.8 Å². The highest BCUT2D eigenvalue weighted by Gasteiger charge is 2.25. The Balaban J connectivity index is 1.73. The number of rotatable bonds is 7. The van der Waals surface area contributed by atoms with E-state index in [-0.39, 0.29) is 19.1 Å². The monoisotopic (exact) mass is 486 g/mol. The Morgan fingerprint density at radius 1 is 1.35 bits per heavy atom. The van der Waals surface area contributed by atoms with Gasteiger partial charge in [-0.05, 0) is 59.5 Å². The van der Waals surface area contributed by atoms with Gasteiger partial charge in [-0.25, -0.2) is 9.78 Å². The molecule has 9 heteroatoms. The molecule has 0 radical (unpaired) electrons. The second-order valence-corrected chi connectivity index (χ2v) is 8.50. The highest BCUT2D eigenvalue weighted by molar-refractivity contribution is 9.10. The average Bonchev–Trinajstić information content (AvgIpc) is 3.43. The summed E-state index contributed by atoms with van der Waals surface area (Å²) in [5.74, 6) is -0.0510. The van der Waals surface area contributed by atoms with Crippen LogP contribution < -0.4 is 10.2 Å². The molecular formula is C22H23BrN4O4. The highest BCUT2D eigenvalue weighted by Crippen LogP contribution is 2.31. The minimum absolute atomic E-state index is 0.0510. The number of carbonyl (C=O) groups excluding carboxylic acids is 1. The molecule has 2 N–H and O–H groups in total. The van der Waals surface area contributed by atoms with E-state index in [9.17, 15) is 14.7 Å². The van der Waals surface area contributed by atoms with Crippen LogP contribution in [0.1, 0.15) is 28.8 Å². The molecule has 8 nitrogen and oxygen atoms in total. The smallest absolute Gasteiger partial charge is 0.412 e.